The summed E-state index contributed by atoms with van der Waals surface area (Å²) in [6.45, 7) is 2.06. The van der Waals surface area contributed by atoms with Crippen molar-refractivity contribution in [3.05, 3.63) is 36.2 Å². The summed E-state index contributed by atoms with van der Waals surface area (Å²) in [6.07, 6.45) is 3.75. The van der Waals surface area contributed by atoms with E-state index in [-0.39, 0.29) is 0 Å². The molecule has 0 bridgehead atoms. The highest BCUT2D eigenvalue weighted by molar-refractivity contribution is 5.43. The van der Waals surface area contributed by atoms with Gasteiger partial charge in [0.25, 0.3) is 0 Å². The summed E-state index contributed by atoms with van der Waals surface area (Å²) >= 11 is 0. The Morgan fingerprint density at radius 1 is 1.10 bits per heavy atom. The Labute approximate surface area is 124 Å². The van der Waals surface area contributed by atoms with E-state index in [0.29, 0.717) is 13.2 Å². The standard InChI is InChI=1S/C15H21N3O3/c1-19-5-4-18-11-13(10-17-18)16-9-12-6-14(20-2)8-15(7-12)21-3/h6-8,10-11,16H,4-5,9H2,1-3H3. The van der Waals surface area contributed by atoms with Crippen LogP contribution in [0.5, 0.6) is 11.5 Å². The molecule has 1 N–H and O–H groups in total. The normalized spacial score (nSPS) is 10.4. The number of aromatic nitrogens is 2. The van der Waals surface area contributed by atoms with Crippen molar-refractivity contribution in [2.75, 3.05) is 33.3 Å². The highest BCUT2D eigenvalue weighted by atomic mass is 16.5. The van der Waals surface area contributed by atoms with E-state index in [9.17, 15) is 0 Å². The van der Waals surface area contributed by atoms with Crippen LogP contribution in [0.15, 0.2) is 30.6 Å². The minimum absolute atomic E-state index is 0.647. The Morgan fingerprint density at radius 3 is 2.43 bits per heavy atom. The van der Waals surface area contributed by atoms with Crippen LogP contribution >= 0.6 is 0 Å². The predicted octanol–water partition coefficient (Wildman–Crippen LogP) is 2.16. The van der Waals surface area contributed by atoms with Gasteiger partial charge in [0.15, 0.2) is 0 Å². The minimum Gasteiger partial charge on any atom is -0.497 e. The molecular weight excluding hydrogens is 270 g/mol. The molecule has 6 nitrogen and oxygen atoms in total. The van der Waals surface area contributed by atoms with Gasteiger partial charge in [0.2, 0.25) is 0 Å². The fourth-order valence-electron chi connectivity index (χ4n) is 1.93. The van der Waals surface area contributed by atoms with Crippen molar-refractivity contribution in [3.63, 3.8) is 0 Å². The summed E-state index contributed by atoms with van der Waals surface area (Å²) in [5, 5.41) is 7.58. The molecule has 1 heterocycles. The lowest BCUT2D eigenvalue weighted by Crippen LogP contribution is -2.04. The molecule has 0 aliphatic heterocycles. The van der Waals surface area contributed by atoms with Crippen LogP contribution in [0.1, 0.15) is 5.56 Å². The van der Waals surface area contributed by atoms with E-state index in [4.69, 9.17) is 14.2 Å². The van der Waals surface area contributed by atoms with E-state index in [2.05, 4.69) is 10.4 Å². The van der Waals surface area contributed by atoms with Gasteiger partial charge in [0.1, 0.15) is 11.5 Å². The molecule has 1 aromatic carbocycles. The second kappa shape index (κ2) is 7.54. The number of anilines is 1. The van der Waals surface area contributed by atoms with Crippen LogP contribution in [0.3, 0.4) is 0 Å². The molecule has 0 amide bonds. The SMILES string of the molecule is COCCn1cc(NCc2cc(OC)cc(OC)c2)cn1. The van der Waals surface area contributed by atoms with Gasteiger partial charge < -0.3 is 19.5 Å². The van der Waals surface area contributed by atoms with Crippen LogP contribution < -0.4 is 14.8 Å². The maximum atomic E-state index is 5.26. The third kappa shape index (κ3) is 4.39. The van der Waals surface area contributed by atoms with Crippen molar-refractivity contribution in [1.82, 2.24) is 9.78 Å². The highest BCUT2D eigenvalue weighted by Crippen LogP contribution is 2.23. The van der Waals surface area contributed by atoms with Gasteiger partial charge in [-0.25, -0.2) is 0 Å². The molecule has 114 valence electrons. The van der Waals surface area contributed by atoms with Gasteiger partial charge in [0, 0.05) is 25.9 Å². The first kappa shape index (κ1) is 15.2. The first-order valence-electron chi connectivity index (χ1n) is 6.72. The highest BCUT2D eigenvalue weighted by Gasteiger charge is 2.03. The Kier molecular flexibility index (Phi) is 5.45. The lowest BCUT2D eigenvalue weighted by atomic mass is 10.2. The van der Waals surface area contributed by atoms with Gasteiger partial charge in [-0.05, 0) is 17.7 Å². The molecule has 2 aromatic rings. The van der Waals surface area contributed by atoms with Crippen molar-refractivity contribution < 1.29 is 14.2 Å². The average molecular weight is 291 g/mol. The molecule has 0 aliphatic carbocycles. The number of nitrogens with zero attached hydrogens (tertiary/aromatic N) is 2. The van der Waals surface area contributed by atoms with E-state index < -0.39 is 0 Å². The van der Waals surface area contributed by atoms with E-state index in [0.717, 1.165) is 29.3 Å². The lowest BCUT2D eigenvalue weighted by Gasteiger charge is -2.09. The first-order chi connectivity index (χ1) is 10.2. The maximum absolute atomic E-state index is 5.26. The monoisotopic (exact) mass is 291 g/mol. The number of rotatable bonds is 8. The molecule has 1 aromatic heterocycles. The second-order valence-corrected chi connectivity index (χ2v) is 4.56. The zero-order valence-corrected chi connectivity index (χ0v) is 12.6. The van der Waals surface area contributed by atoms with Crippen molar-refractivity contribution in [3.8, 4) is 11.5 Å². The number of nitrogens with one attached hydrogen (secondary N) is 1. The number of hydrogen-bond donors (Lipinski definition) is 1. The zero-order chi connectivity index (χ0) is 15.1. The molecule has 6 heteroatoms. The van der Waals surface area contributed by atoms with Crippen molar-refractivity contribution in [2.45, 2.75) is 13.1 Å². The van der Waals surface area contributed by atoms with Crippen LogP contribution in [0.4, 0.5) is 5.69 Å². The van der Waals surface area contributed by atoms with Crippen LogP contribution in [-0.4, -0.2) is 37.7 Å². The van der Waals surface area contributed by atoms with Gasteiger partial charge in [0.05, 0.1) is 39.3 Å². The Bertz CT molecular complexity index is 547. The van der Waals surface area contributed by atoms with Crippen LogP contribution in [0, 0.1) is 0 Å². The molecule has 2 rings (SSSR count). The summed E-state index contributed by atoms with van der Waals surface area (Å²) in [4.78, 5) is 0. The Morgan fingerprint density at radius 2 is 1.81 bits per heavy atom. The molecule has 0 spiro atoms. The summed E-state index contributed by atoms with van der Waals surface area (Å²) in [6, 6.07) is 5.81. The molecule has 0 saturated heterocycles. The van der Waals surface area contributed by atoms with Crippen LogP contribution in [-0.2, 0) is 17.8 Å². The Balaban J connectivity index is 1.97. The summed E-state index contributed by atoms with van der Waals surface area (Å²) in [7, 11) is 4.97. The van der Waals surface area contributed by atoms with E-state index in [1.54, 1.807) is 27.5 Å². The third-order valence-electron chi connectivity index (χ3n) is 3.07. The molecule has 0 fully saturated rings. The van der Waals surface area contributed by atoms with E-state index in [1.165, 1.54) is 0 Å². The largest absolute Gasteiger partial charge is 0.497 e. The molecule has 0 atom stereocenters. The fourth-order valence-corrected chi connectivity index (χ4v) is 1.93. The topological polar surface area (TPSA) is 57.5 Å². The molecule has 21 heavy (non-hydrogen) atoms. The van der Waals surface area contributed by atoms with Crippen LogP contribution in [0.25, 0.3) is 0 Å². The van der Waals surface area contributed by atoms with Gasteiger partial charge in [-0.15, -0.1) is 0 Å². The first-order valence-corrected chi connectivity index (χ1v) is 6.72. The van der Waals surface area contributed by atoms with E-state index in [1.807, 2.05) is 29.1 Å². The predicted molar refractivity (Wildman–Crippen MR) is 81.0 cm³/mol. The van der Waals surface area contributed by atoms with Gasteiger partial charge >= 0.3 is 0 Å². The summed E-state index contributed by atoms with van der Waals surface area (Å²) < 4.78 is 17.4. The quantitative estimate of drug-likeness (QED) is 0.807. The molecule has 0 radical (unpaired) electrons. The van der Waals surface area contributed by atoms with Crippen molar-refractivity contribution in [2.24, 2.45) is 0 Å². The zero-order valence-electron chi connectivity index (χ0n) is 12.6. The molecular formula is C15H21N3O3. The third-order valence-corrected chi connectivity index (χ3v) is 3.07. The summed E-state index contributed by atoms with van der Waals surface area (Å²) in [5.41, 5.74) is 2.05. The summed E-state index contributed by atoms with van der Waals surface area (Å²) in [5.74, 6) is 1.56. The maximum Gasteiger partial charge on any atom is 0.122 e. The van der Waals surface area contributed by atoms with Crippen molar-refractivity contribution in [1.29, 1.82) is 0 Å². The van der Waals surface area contributed by atoms with Crippen molar-refractivity contribution >= 4 is 5.69 Å². The van der Waals surface area contributed by atoms with Gasteiger partial charge in [-0.2, -0.15) is 5.10 Å². The van der Waals surface area contributed by atoms with E-state index >= 15 is 0 Å². The molecule has 0 saturated carbocycles. The number of ether oxygens (including phenoxy) is 3. The average Bonchev–Trinajstić information content (AvgIpc) is 2.98. The Hall–Kier alpha value is -2.21. The van der Waals surface area contributed by atoms with Crippen LogP contribution in [0.2, 0.25) is 0 Å². The lowest BCUT2D eigenvalue weighted by molar-refractivity contribution is 0.183. The molecule has 0 unspecified atom stereocenters. The number of methoxy groups -OCH3 is 3. The smallest absolute Gasteiger partial charge is 0.122 e. The fraction of sp³-hybridized carbons (Fsp3) is 0.400. The minimum atomic E-state index is 0.647. The number of benzene rings is 1. The second-order valence-electron chi connectivity index (χ2n) is 4.56. The van der Waals surface area contributed by atoms with Gasteiger partial charge in [-0.1, -0.05) is 0 Å². The van der Waals surface area contributed by atoms with Gasteiger partial charge in [-0.3, -0.25) is 4.68 Å². The molecule has 0 aliphatic rings. The number of hydrogen-bond acceptors (Lipinski definition) is 5.